The van der Waals surface area contributed by atoms with Gasteiger partial charge >= 0.3 is 5.97 Å². The summed E-state index contributed by atoms with van der Waals surface area (Å²) in [5.74, 6) is 0.207. The van der Waals surface area contributed by atoms with Crippen LogP contribution in [0.4, 0.5) is 29.2 Å². The fourth-order valence-corrected chi connectivity index (χ4v) is 3.70. The van der Waals surface area contributed by atoms with Crippen LogP contribution in [0.1, 0.15) is 18.4 Å². The topological polar surface area (TPSA) is 136 Å². The minimum absolute atomic E-state index is 0.00312. The van der Waals surface area contributed by atoms with E-state index < -0.39 is 5.97 Å². The van der Waals surface area contributed by atoms with Gasteiger partial charge in [0.1, 0.15) is 0 Å². The summed E-state index contributed by atoms with van der Waals surface area (Å²) < 4.78 is 0.970. The van der Waals surface area contributed by atoms with E-state index in [1.165, 1.54) is 0 Å². The molecule has 0 radical (unpaired) electrons. The summed E-state index contributed by atoms with van der Waals surface area (Å²) in [6.07, 6.45) is 0.719. The highest BCUT2D eigenvalue weighted by molar-refractivity contribution is 9.10. The Kier molecular flexibility index (Phi) is 10.5. The molecule has 0 bridgehead atoms. The summed E-state index contributed by atoms with van der Waals surface area (Å²) in [5.41, 5.74) is 2.55. The Labute approximate surface area is 227 Å². The number of halogens is 2. The highest BCUT2D eigenvalue weighted by Gasteiger charge is 2.11. The average Bonchev–Trinajstić information content (AvgIpc) is 2.83. The van der Waals surface area contributed by atoms with Crippen molar-refractivity contribution in [3.63, 3.8) is 0 Å². The van der Waals surface area contributed by atoms with Crippen molar-refractivity contribution in [1.29, 1.82) is 0 Å². The van der Waals surface area contributed by atoms with E-state index in [2.05, 4.69) is 57.5 Å². The number of nitrogens with one attached hydrogen (secondary N) is 5. The van der Waals surface area contributed by atoms with Crippen molar-refractivity contribution in [1.82, 2.24) is 25.6 Å². The van der Waals surface area contributed by atoms with Gasteiger partial charge in [-0.05, 0) is 55.4 Å². The Bertz CT molecular complexity index is 1220. The van der Waals surface area contributed by atoms with Crippen molar-refractivity contribution in [2.24, 2.45) is 0 Å². The first kappa shape index (κ1) is 27.4. The van der Waals surface area contributed by atoms with Gasteiger partial charge in [-0.2, -0.15) is 15.0 Å². The minimum atomic E-state index is -0.876. The van der Waals surface area contributed by atoms with Gasteiger partial charge in [0, 0.05) is 29.8 Å². The van der Waals surface area contributed by atoms with Crippen LogP contribution in [0.2, 0.25) is 5.02 Å². The minimum Gasteiger partial charge on any atom is -0.481 e. The molecule has 1 heterocycles. The molecule has 1 aromatic heterocycles. The van der Waals surface area contributed by atoms with Gasteiger partial charge in [-0.25, -0.2) is 0 Å². The SMILES string of the molecule is Cc1c(Br)cccc1Nc1nc(NCCCNC(=S)NCCC(=O)O)nc(Nc2ccccc2Cl)n1. The number of hydrogen-bond donors (Lipinski definition) is 6. The molecule has 36 heavy (non-hydrogen) atoms. The molecule has 0 unspecified atom stereocenters. The third-order valence-corrected chi connectivity index (χ3v) is 6.29. The van der Waals surface area contributed by atoms with Crippen LogP contribution >= 0.6 is 39.7 Å². The Hall–Kier alpha value is -3.22. The molecule has 0 spiro atoms. The second-order valence-corrected chi connectivity index (χ2v) is 9.23. The number of anilines is 5. The Balaban J connectivity index is 1.65. The predicted octanol–water partition coefficient (Wildman–Crippen LogP) is 4.82. The lowest BCUT2D eigenvalue weighted by molar-refractivity contribution is -0.136. The normalized spacial score (nSPS) is 10.4. The quantitative estimate of drug-likeness (QED) is 0.127. The summed E-state index contributed by atoms with van der Waals surface area (Å²) in [4.78, 5) is 24.1. The van der Waals surface area contributed by atoms with Crippen LogP contribution in [0, 0.1) is 6.92 Å². The molecule has 2 aromatic carbocycles. The summed E-state index contributed by atoms with van der Waals surface area (Å²) in [7, 11) is 0. The van der Waals surface area contributed by atoms with Crippen LogP contribution in [-0.4, -0.2) is 50.8 Å². The number of aliphatic carboxylic acids is 1. The largest absolute Gasteiger partial charge is 0.481 e. The fraction of sp³-hybridized carbons (Fsp3) is 0.261. The first-order chi connectivity index (χ1) is 17.3. The first-order valence-corrected chi connectivity index (χ1v) is 12.7. The number of thiocarbonyl (C=S) groups is 1. The van der Waals surface area contributed by atoms with Crippen molar-refractivity contribution in [3.05, 3.63) is 57.5 Å². The third kappa shape index (κ3) is 8.77. The van der Waals surface area contributed by atoms with Crippen LogP contribution in [0.3, 0.4) is 0 Å². The molecule has 0 aliphatic carbocycles. The highest BCUT2D eigenvalue weighted by atomic mass is 79.9. The molecule has 0 aliphatic rings. The summed E-state index contributed by atoms with van der Waals surface area (Å²) in [6, 6.07) is 13.2. The number of carboxylic acids is 1. The van der Waals surface area contributed by atoms with E-state index >= 15 is 0 Å². The van der Waals surface area contributed by atoms with E-state index in [1.54, 1.807) is 6.07 Å². The second kappa shape index (κ2) is 13.8. The molecule has 0 saturated carbocycles. The van der Waals surface area contributed by atoms with Crippen LogP contribution in [0.25, 0.3) is 0 Å². The van der Waals surface area contributed by atoms with Gasteiger partial charge in [-0.3, -0.25) is 4.79 Å². The van der Waals surface area contributed by atoms with E-state index in [0.717, 1.165) is 15.7 Å². The monoisotopic (exact) mass is 592 g/mol. The predicted molar refractivity (Wildman–Crippen MR) is 151 cm³/mol. The number of carboxylic acid groups (broad SMARTS) is 1. The van der Waals surface area contributed by atoms with Gasteiger partial charge in [0.25, 0.3) is 0 Å². The molecule has 10 nitrogen and oxygen atoms in total. The lowest BCUT2D eigenvalue weighted by Crippen LogP contribution is -2.37. The number of para-hydroxylation sites is 1. The third-order valence-electron chi connectivity index (χ3n) is 4.82. The standard InChI is InChI=1S/C23H26BrClN8O2S/c1-14-15(24)6-4-9-17(14)29-21-31-20(26-11-5-12-27-23(36)28-13-10-19(34)35)32-22(33-21)30-18-8-3-2-7-16(18)25/h2-4,6-9H,5,10-13H2,1H3,(H,34,35)(H2,27,28,36)(H3,26,29,30,31,32,33). The van der Waals surface area contributed by atoms with Crippen molar-refractivity contribution < 1.29 is 9.90 Å². The summed E-state index contributed by atoms with van der Waals surface area (Å²) in [5, 5.41) is 25.1. The van der Waals surface area contributed by atoms with Crippen molar-refractivity contribution in [3.8, 4) is 0 Å². The average molecular weight is 594 g/mol. The number of carbonyl (C=O) groups is 1. The van der Waals surface area contributed by atoms with Gasteiger partial charge in [0.05, 0.1) is 17.1 Å². The van der Waals surface area contributed by atoms with E-state index in [4.69, 9.17) is 28.9 Å². The zero-order chi connectivity index (χ0) is 25.9. The van der Waals surface area contributed by atoms with E-state index in [0.29, 0.717) is 53.2 Å². The van der Waals surface area contributed by atoms with Gasteiger partial charge in [-0.15, -0.1) is 0 Å². The summed E-state index contributed by atoms with van der Waals surface area (Å²) in [6.45, 7) is 3.42. The molecule has 0 amide bonds. The molecule has 0 saturated heterocycles. The Morgan fingerprint density at radius 3 is 2.31 bits per heavy atom. The van der Waals surface area contributed by atoms with Gasteiger partial charge < -0.3 is 31.7 Å². The lowest BCUT2D eigenvalue weighted by Gasteiger charge is -2.14. The van der Waals surface area contributed by atoms with E-state index in [9.17, 15) is 4.79 Å². The summed E-state index contributed by atoms with van der Waals surface area (Å²) >= 11 is 15.0. The van der Waals surface area contributed by atoms with Crippen LogP contribution in [0.5, 0.6) is 0 Å². The highest BCUT2D eigenvalue weighted by Crippen LogP contribution is 2.27. The number of rotatable bonds is 12. The van der Waals surface area contributed by atoms with E-state index in [-0.39, 0.29) is 13.0 Å². The maximum Gasteiger partial charge on any atom is 0.305 e. The first-order valence-electron chi connectivity index (χ1n) is 11.1. The Morgan fingerprint density at radius 2 is 1.58 bits per heavy atom. The number of benzene rings is 2. The maximum absolute atomic E-state index is 10.6. The molecule has 0 fully saturated rings. The molecule has 6 N–H and O–H groups in total. The number of aromatic nitrogens is 3. The zero-order valence-corrected chi connectivity index (χ0v) is 22.6. The fourth-order valence-electron chi connectivity index (χ4n) is 2.95. The molecule has 0 atom stereocenters. The smallest absolute Gasteiger partial charge is 0.305 e. The van der Waals surface area contributed by atoms with Gasteiger partial charge in [0.2, 0.25) is 17.8 Å². The molecular formula is C23H26BrClN8O2S. The van der Waals surface area contributed by atoms with Gasteiger partial charge in [-0.1, -0.05) is 45.7 Å². The zero-order valence-electron chi connectivity index (χ0n) is 19.4. The maximum atomic E-state index is 10.6. The molecule has 190 valence electrons. The second-order valence-electron chi connectivity index (χ2n) is 7.56. The van der Waals surface area contributed by atoms with E-state index in [1.807, 2.05) is 43.3 Å². The number of hydrogen-bond acceptors (Lipinski definition) is 8. The molecule has 3 rings (SSSR count). The molecular weight excluding hydrogens is 568 g/mol. The van der Waals surface area contributed by atoms with Gasteiger partial charge in [0.15, 0.2) is 5.11 Å². The van der Waals surface area contributed by atoms with Crippen molar-refractivity contribution >= 4 is 80.1 Å². The lowest BCUT2D eigenvalue weighted by atomic mass is 10.2. The van der Waals surface area contributed by atoms with Crippen LogP contribution in [-0.2, 0) is 4.79 Å². The molecule has 0 aliphatic heterocycles. The van der Waals surface area contributed by atoms with Crippen molar-refractivity contribution in [2.45, 2.75) is 19.8 Å². The van der Waals surface area contributed by atoms with Crippen molar-refractivity contribution in [2.75, 3.05) is 35.6 Å². The molecule has 3 aromatic rings. The van der Waals surface area contributed by atoms with Crippen LogP contribution < -0.4 is 26.6 Å². The number of nitrogens with zero attached hydrogens (tertiary/aromatic N) is 3. The molecule has 13 heteroatoms. The Morgan fingerprint density at radius 1 is 0.944 bits per heavy atom. The van der Waals surface area contributed by atoms with Crippen LogP contribution in [0.15, 0.2) is 46.9 Å².